The number of nitrogens with one attached hydrogen (secondary N) is 1. The highest BCUT2D eigenvalue weighted by molar-refractivity contribution is 5.81. The first-order valence-corrected chi connectivity index (χ1v) is 7.96. The molecule has 1 rings (SSSR count). The molecule has 3 heteroatoms. The molecular formula is C19H31NO2. The van der Waals surface area contributed by atoms with Crippen LogP contribution >= 0.6 is 0 Å². The topological polar surface area (TPSA) is 38.3 Å². The van der Waals surface area contributed by atoms with Crippen molar-refractivity contribution in [3.8, 4) is 5.75 Å². The van der Waals surface area contributed by atoms with E-state index in [2.05, 4.69) is 39.9 Å². The molecule has 0 saturated carbocycles. The number of carbonyl (C=O) groups excluding carboxylic acids is 1. The molecule has 1 aromatic carbocycles. The van der Waals surface area contributed by atoms with Crippen molar-refractivity contribution in [2.45, 2.75) is 73.5 Å². The van der Waals surface area contributed by atoms with Gasteiger partial charge in [-0.15, -0.1) is 0 Å². The van der Waals surface area contributed by atoms with Crippen LogP contribution in [0.3, 0.4) is 0 Å². The molecule has 0 saturated heterocycles. The van der Waals surface area contributed by atoms with Crippen molar-refractivity contribution in [3.63, 3.8) is 0 Å². The van der Waals surface area contributed by atoms with Gasteiger partial charge in [0.2, 0.25) is 0 Å². The molecule has 0 heterocycles. The van der Waals surface area contributed by atoms with E-state index in [-0.39, 0.29) is 16.9 Å². The smallest absolute Gasteiger partial charge is 0.261 e. The fourth-order valence-electron chi connectivity index (χ4n) is 2.88. The third-order valence-electron chi connectivity index (χ3n) is 3.45. The molecule has 0 aliphatic heterocycles. The molecule has 0 aromatic heterocycles. The summed E-state index contributed by atoms with van der Waals surface area (Å²) in [5.41, 5.74) is 2.07. The van der Waals surface area contributed by atoms with E-state index in [1.165, 1.54) is 0 Å². The zero-order valence-corrected chi connectivity index (χ0v) is 15.3. The summed E-state index contributed by atoms with van der Waals surface area (Å²) in [7, 11) is 0. The molecule has 0 aliphatic rings. The monoisotopic (exact) mass is 305 g/mol. The molecule has 124 valence electrons. The van der Waals surface area contributed by atoms with Gasteiger partial charge in [-0.1, -0.05) is 32.9 Å². The van der Waals surface area contributed by atoms with Crippen molar-refractivity contribution in [1.29, 1.82) is 0 Å². The summed E-state index contributed by atoms with van der Waals surface area (Å²) in [5.74, 6) is 0.700. The number of hydrogen-bond acceptors (Lipinski definition) is 2. The number of hydrogen-bond donors (Lipinski definition) is 1. The summed E-state index contributed by atoms with van der Waals surface area (Å²) >= 11 is 0. The second-order valence-corrected chi connectivity index (χ2v) is 8.14. The molecule has 3 nitrogen and oxygen atoms in total. The van der Waals surface area contributed by atoms with Crippen molar-refractivity contribution in [2.24, 2.45) is 5.41 Å². The second-order valence-electron chi connectivity index (χ2n) is 8.14. The van der Waals surface area contributed by atoms with Crippen LogP contribution in [0.15, 0.2) is 18.2 Å². The SMILES string of the molecule is Cc1ccc(C)c(O[C@@H](C)C(=O)NC(C)(C)CC(C)(C)C)c1. The van der Waals surface area contributed by atoms with Crippen molar-refractivity contribution in [2.75, 3.05) is 0 Å². The van der Waals surface area contributed by atoms with Crippen LogP contribution in [0, 0.1) is 19.3 Å². The number of amides is 1. The quantitative estimate of drug-likeness (QED) is 0.875. The Labute approximate surface area is 135 Å². The third-order valence-corrected chi connectivity index (χ3v) is 3.45. The summed E-state index contributed by atoms with van der Waals surface area (Å²) < 4.78 is 5.85. The predicted octanol–water partition coefficient (Wildman–Crippen LogP) is 4.40. The van der Waals surface area contributed by atoms with Gasteiger partial charge in [-0.2, -0.15) is 0 Å². The van der Waals surface area contributed by atoms with Gasteiger partial charge in [-0.3, -0.25) is 4.79 Å². The maximum Gasteiger partial charge on any atom is 0.261 e. The number of aryl methyl sites for hydroxylation is 2. The van der Waals surface area contributed by atoms with Gasteiger partial charge >= 0.3 is 0 Å². The molecular weight excluding hydrogens is 274 g/mol. The summed E-state index contributed by atoms with van der Waals surface area (Å²) in [4.78, 5) is 12.4. The summed E-state index contributed by atoms with van der Waals surface area (Å²) in [6, 6.07) is 6.03. The standard InChI is InChI=1S/C19H31NO2/c1-13-9-10-14(2)16(11-13)22-15(3)17(21)20-19(7,8)12-18(4,5)6/h9-11,15H,12H2,1-8H3,(H,20,21)/t15-/m0/s1. The molecule has 1 N–H and O–H groups in total. The van der Waals surface area contributed by atoms with E-state index in [1.807, 2.05) is 32.0 Å². The predicted molar refractivity (Wildman–Crippen MR) is 92.3 cm³/mol. The molecule has 0 fully saturated rings. The minimum atomic E-state index is -0.514. The average molecular weight is 305 g/mol. The Bertz CT molecular complexity index is 527. The van der Waals surface area contributed by atoms with Gasteiger partial charge in [0, 0.05) is 5.54 Å². The van der Waals surface area contributed by atoms with Crippen LogP contribution in [0.4, 0.5) is 0 Å². The van der Waals surface area contributed by atoms with Crippen LogP contribution in [0.1, 0.15) is 59.1 Å². The molecule has 0 radical (unpaired) electrons. The van der Waals surface area contributed by atoms with E-state index in [4.69, 9.17) is 4.74 Å². The lowest BCUT2D eigenvalue weighted by molar-refractivity contribution is -0.129. The fraction of sp³-hybridized carbons (Fsp3) is 0.632. The molecule has 0 spiro atoms. The maximum atomic E-state index is 12.4. The minimum Gasteiger partial charge on any atom is -0.481 e. The Balaban J connectivity index is 2.71. The largest absolute Gasteiger partial charge is 0.481 e. The van der Waals surface area contributed by atoms with Crippen LogP contribution < -0.4 is 10.1 Å². The lowest BCUT2D eigenvalue weighted by Crippen LogP contribution is -2.50. The summed E-state index contributed by atoms with van der Waals surface area (Å²) in [6.07, 6.45) is 0.391. The van der Waals surface area contributed by atoms with Gasteiger partial charge in [0.25, 0.3) is 5.91 Å². The molecule has 1 aromatic rings. The first-order valence-electron chi connectivity index (χ1n) is 7.96. The Morgan fingerprint density at radius 3 is 2.32 bits per heavy atom. The van der Waals surface area contributed by atoms with Gasteiger partial charge in [0.1, 0.15) is 5.75 Å². The molecule has 1 amide bonds. The van der Waals surface area contributed by atoms with E-state index in [0.29, 0.717) is 0 Å². The highest BCUT2D eigenvalue weighted by Crippen LogP contribution is 2.27. The summed E-state index contributed by atoms with van der Waals surface area (Å²) in [5, 5.41) is 3.10. The number of ether oxygens (including phenoxy) is 1. The van der Waals surface area contributed by atoms with Crippen LogP contribution in [-0.4, -0.2) is 17.6 Å². The number of benzene rings is 1. The van der Waals surface area contributed by atoms with E-state index >= 15 is 0 Å². The molecule has 1 atom stereocenters. The zero-order valence-electron chi connectivity index (χ0n) is 15.3. The van der Waals surface area contributed by atoms with Crippen molar-refractivity contribution < 1.29 is 9.53 Å². The second kappa shape index (κ2) is 6.72. The first-order chi connectivity index (χ1) is 9.89. The number of rotatable bonds is 5. The third kappa shape index (κ3) is 6.08. The van der Waals surface area contributed by atoms with Gasteiger partial charge in [0.15, 0.2) is 6.10 Å². The first kappa shape index (κ1) is 18.5. The van der Waals surface area contributed by atoms with Gasteiger partial charge < -0.3 is 10.1 Å². The molecule has 0 bridgehead atoms. The molecule has 0 unspecified atom stereocenters. The zero-order chi connectivity index (χ0) is 17.1. The Hall–Kier alpha value is -1.51. The highest BCUT2D eigenvalue weighted by Gasteiger charge is 2.29. The Kier molecular flexibility index (Phi) is 5.66. The molecule has 0 aliphatic carbocycles. The van der Waals surface area contributed by atoms with Crippen molar-refractivity contribution in [3.05, 3.63) is 29.3 Å². The van der Waals surface area contributed by atoms with E-state index in [9.17, 15) is 4.79 Å². The van der Waals surface area contributed by atoms with Gasteiger partial charge in [-0.05, 0) is 63.6 Å². The van der Waals surface area contributed by atoms with Crippen LogP contribution in [0.2, 0.25) is 0 Å². The lowest BCUT2D eigenvalue weighted by Gasteiger charge is -2.34. The maximum absolute atomic E-state index is 12.4. The number of carbonyl (C=O) groups is 1. The van der Waals surface area contributed by atoms with E-state index < -0.39 is 6.10 Å². The van der Waals surface area contributed by atoms with Gasteiger partial charge in [0.05, 0.1) is 0 Å². The summed E-state index contributed by atoms with van der Waals surface area (Å²) in [6.45, 7) is 16.4. The van der Waals surface area contributed by atoms with Crippen LogP contribution in [-0.2, 0) is 4.79 Å². The average Bonchev–Trinajstić information content (AvgIpc) is 2.29. The van der Waals surface area contributed by atoms with E-state index in [1.54, 1.807) is 6.92 Å². The minimum absolute atomic E-state index is 0.0739. The Morgan fingerprint density at radius 1 is 1.18 bits per heavy atom. The van der Waals surface area contributed by atoms with Crippen molar-refractivity contribution >= 4 is 5.91 Å². The highest BCUT2D eigenvalue weighted by atomic mass is 16.5. The van der Waals surface area contributed by atoms with E-state index in [0.717, 1.165) is 23.3 Å². The molecule has 22 heavy (non-hydrogen) atoms. The Morgan fingerprint density at radius 2 is 1.77 bits per heavy atom. The lowest BCUT2D eigenvalue weighted by atomic mass is 9.81. The normalized spacial score (nSPS) is 13.6. The van der Waals surface area contributed by atoms with Crippen LogP contribution in [0.25, 0.3) is 0 Å². The van der Waals surface area contributed by atoms with Gasteiger partial charge in [-0.25, -0.2) is 0 Å². The fourth-order valence-corrected chi connectivity index (χ4v) is 2.88. The van der Waals surface area contributed by atoms with Crippen LogP contribution in [0.5, 0.6) is 5.75 Å². The van der Waals surface area contributed by atoms with Crippen molar-refractivity contribution in [1.82, 2.24) is 5.32 Å².